The number of hydrogen-bond donors (Lipinski definition) is 4. The smallest absolute Gasteiger partial charge is 0.343 e. The van der Waals surface area contributed by atoms with Crippen LogP contribution in [0.25, 0.3) is 0 Å². The quantitative estimate of drug-likeness (QED) is 0.234. The van der Waals surface area contributed by atoms with E-state index in [4.69, 9.17) is 18.9 Å². The molecule has 5 unspecified atom stereocenters. The Bertz CT molecular complexity index is 957. The molecule has 6 fully saturated rings. The number of esters is 3. The zero-order valence-corrected chi connectivity index (χ0v) is 17.3. The van der Waals surface area contributed by atoms with E-state index in [1.54, 1.807) is 20.8 Å². The van der Waals surface area contributed by atoms with Crippen molar-refractivity contribution < 1.29 is 53.8 Å². The first-order valence-electron chi connectivity index (χ1n) is 10.3. The van der Waals surface area contributed by atoms with Crippen LogP contribution in [-0.2, 0) is 33.3 Å². The van der Waals surface area contributed by atoms with Crippen molar-refractivity contribution in [1.82, 2.24) is 0 Å². The van der Waals surface area contributed by atoms with E-state index < -0.39 is 94.0 Å². The zero-order valence-electron chi connectivity index (χ0n) is 17.3. The molecular formula is C20H24O11. The van der Waals surface area contributed by atoms with Crippen LogP contribution in [0.1, 0.15) is 27.7 Å². The van der Waals surface area contributed by atoms with Crippen molar-refractivity contribution >= 4 is 17.9 Å². The van der Waals surface area contributed by atoms with Crippen molar-refractivity contribution in [2.45, 2.75) is 75.7 Å². The molecule has 2 saturated carbocycles. The van der Waals surface area contributed by atoms with Gasteiger partial charge in [0, 0.05) is 5.92 Å². The summed E-state index contributed by atoms with van der Waals surface area (Å²) < 4.78 is 22.2. The summed E-state index contributed by atoms with van der Waals surface area (Å²) in [5, 5.41) is 46.1. The molecule has 0 radical (unpaired) electrons. The highest BCUT2D eigenvalue weighted by Crippen LogP contribution is 2.84. The molecule has 6 rings (SSSR count). The monoisotopic (exact) mass is 440 g/mol. The Balaban J connectivity index is 1.75. The molecule has 2 aliphatic carbocycles. The number of carbonyl (C=O) groups is 3. The number of hydrogen-bond acceptors (Lipinski definition) is 11. The van der Waals surface area contributed by atoms with E-state index >= 15 is 0 Å². The Morgan fingerprint density at radius 1 is 0.935 bits per heavy atom. The van der Waals surface area contributed by atoms with Crippen LogP contribution in [0.15, 0.2) is 0 Å². The van der Waals surface area contributed by atoms with Gasteiger partial charge in [0.15, 0.2) is 17.8 Å². The number of ether oxygens (including phenoxy) is 4. The van der Waals surface area contributed by atoms with Crippen LogP contribution >= 0.6 is 0 Å². The fourth-order valence-electron chi connectivity index (χ4n) is 8.27. The molecule has 4 aliphatic heterocycles. The minimum absolute atomic E-state index is 0.792. The summed E-state index contributed by atoms with van der Waals surface area (Å²) >= 11 is 0. The third-order valence-electron chi connectivity index (χ3n) is 8.95. The molecule has 2 spiro atoms. The number of fused-ring (bicyclic) bond motifs is 1. The van der Waals surface area contributed by atoms with Crippen LogP contribution in [0.3, 0.4) is 0 Å². The topological polar surface area (TPSA) is 169 Å². The van der Waals surface area contributed by atoms with Gasteiger partial charge < -0.3 is 39.4 Å². The molecule has 11 nitrogen and oxygen atoms in total. The summed E-state index contributed by atoms with van der Waals surface area (Å²) in [7, 11) is 0. The molecule has 170 valence electrons. The molecule has 0 aromatic carbocycles. The molecule has 31 heavy (non-hydrogen) atoms. The summed E-state index contributed by atoms with van der Waals surface area (Å²) in [6.07, 6.45) is -9.69. The van der Waals surface area contributed by atoms with Gasteiger partial charge in [0.25, 0.3) is 0 Å². The van der Waals surface area contributed by atoms with E-state index in [-0.39, 0.29) is 0 Å². The van der Waals surface area contributed by atoms with E-state index in [9.17, 15) is 34.8 Å². The predicted octanol–water partition coefficient (Wildman–Crippen LogP) is -2.40. The van der Waals surface area contributed by atoms with Crippen molar-refractivity contribution in [3.63, 3.8) is 0 Å². The summed E-state index contributed by atoms with van der Waals surface area (Å²) in [6.45, 7) is 6.63. The Morgan fingerprint density at radius 3 is 2.19 bits per heavy atom. The predicted molar refractivity (Wildman–Crippen MR) is 93.4 cm³/mol. The number of aliphatic hydroxyl groups is 4. The molecular weight excluding hydrogens is 416 g/mol. The lowest BCUT2D eigenvalue weighted by Crippen LogP contribution is -2.67. The van der Waals surface area contributed by atoms with E-state index in [2.05, 4.69) is 0 Å². The van der Waals surface area contributed by atoms with Gasteiger partial charge in [-0.1, -0.05) is 20.8 Å². The summed E-state index contributed by atoms with van der Waals surface area (Å²) in [5.41, 5.74) is -9.40. The van der Waals surface area contributed by atoms with Gasteiger partial charge in [-0.2, -0.15) is 0 Å². The van der Waals surface area contributed by atoms with E-state index in [0.717, 1.165) is 0 Å². The molecule has 11 heteroatoms. The van der Waals surface area contributed by atoms with Crippen LogP contribution in [0, 0.1) is 28.1 Å². The minimum Gasteiger partial charge on any atom is -0.456 e. The van der Waals surface area contributed by atoms with Crippen LogP contribution in [-0.4, -0.2) is 86.3 Å². The van der Waals surface area contributed by atoms with Gasteiger partial charge in [-0.15, -0.1) is 0 Å². The Labute approximate surface area is 176 Å². The number of aliphatic hydroxyl groups excluding tert-OH is 3. The molecule has 0 aromatic heterocycles. The molecule has 6 aliphatic rings. The SMILES string of the molecule is C[C@@H]1C(=O)O[C@H]2C(O)C34[C@@H]5OC(=O)[C@]3(O[C@@H]3OC(=O)C(O)C34C(C(C)(C)C)[C@H]5O)[C@@]12O. The standard InChI is InChI=1S/C20H24O11/c1-5-12(24)28-11-8(22)18-10-6(21)7(16(2,3)4)17(18)9(23)13(25)30-15(17)31-20(18,14(26)29-10)19(5,11)27/h5-11,15,21-23,27H,1-4H3/t5-,6-,7?,8?,9?,10-,11+,15+,17?,18?,19-,20-/m1/s1. The third-order valence-corrected chi connectivity index (χ3v) is 8.95. The second-order valence-corrected chi connectivity index (χ2v) is 10.8. The van der Waals surface area contributed by atoms with Crippen molar-refractivity contribution in [1.29, 1.82) is 0 Å². The first-order chi connectivity index (χ1) is 14.3. The van der Waals surface area contributed by atoms with Crippen LogP contribution < -0.4 is 0 Å². The second-order valence-electron chi connectivity index (χ2n) is 10.8. The van der Waals surface area contributed by atoms with Gasteiger partial charge in [0.05, 0.1) is 22.9 Å². The second kappa shape index (κ2) is 4.91. The van der Waals surface area contributed by atoms with Gasteiger partial charge >= 0.3 is 17.9 Å². The maximum Gasteiger partial charge on any atom is 0.343 e. The average Bonchev–Trinajstić information content (AvgIpc) is 3.35. The van der Waals surface area contributed by atoms with Gasteiger partial charge in [-0.05, 0) is 12.3 Å². The molecule has 4 N–H and O–H groups in total. The summed E-state index contributed by atoms with van der Waals surface area (Å²) in [6, 6.07) is 0. The van der Waals surface area contributed by atoms with Crippen LogP contribution in [0.2, 0.25) is 0 Å². The lowest BCUT2D eigenvalue weighted by Gasteiger charge is -2.47. The van der Waals surface area contributed by atoms with Gasteiger partial charge in [-0.3, -0.25) is 4.79 Å². The van der Waals surface area contributed by atoms with Crippen molar-refractivity contribution in [3.8, 4) is 0 Å². The molecule has 4 heterocycles. The first-order valence-corrected chi connectivity index (χ1v) is 10.3. The first kappa shape index (κ1) is 19.9. The highest BCUT2D eigenvalue weighted by molar-refractivity contribution is 5.94. The molecule has 4 saturated heterocycles. The fourth-order valence-corrected chi connectivity index (χ4v) is 8.27. The largest absolute Gasteiger partial charge is 0.456 e. The van der Waals surface area contributed by atoms with E-state index in [1.165, 1.54) is 6.92 Å². The van der Waals surface area contributed by atoms with E-state index in [1.807, 2.05) is 0 Å². The van der Waals surface area contributed by atoms with Crippen molar-refractivity contribution in [2.75, 3.05) is 0 Å². The molecule has 12 atom stereocenters. The van der Waals surface area contributed by atoms with Crippen molar-refractivity contribution in [3.05, 3.63) is 0 Å². The van der Waals surface area contributed by atoms with Gasteiger partial charge in [-0.25, -0.2) is 9.59 Å². The van der Waals surface area contributed by atoms with Gasteiger partial charge in [0.2, 0.25) is 11.9 Å². The average molecular weight is 440 g/mol. The lowest BCUT2D eigenvalue weighted by molar-refractivity contribution is -0.240. The van der Waals surface area contributed by atoms with Crippen LogP contribution in [0.5, 0.6) is 0 Å². The Morgan fingerprint density at radius 2 is 1.58 bits per heavy atom. The van der Waals surface area contributed by atoms with E-state index in [0.29, 0.717) is 0 Å². The maximum atomic E-state index is 13.4. The number of carbonyl (C=O) groups excluding carboxylic acids is 3. The summed E-state index contributed by atoms with van der Waals surface area (Å²) in [5.74, 6) is -5.22. The molecule has 0 aromatic rings. The third kappa shape index (κ3) is 1.43. The highest BCUT2D eigenvalue weighted by atomic mass is 16.8. The Kier molecular flexibility index (Phi) is 3.15. The van der Waals surface area contributed by atoms with Gasteiger partial charge in [0.1, 0.15) is 12.2 Å². The Hall–Kier alpha value is -1.79. The van der Waals surface area contributed by atoms with Crippen molar-refractivity contribution in [2.24, 2.45) is 28.1 Å². The van der Waals surface area contributed by atoms with Crippen LogP contribution in [0.4, 0.5) is 0 Å². The minimum atomic E-state index is -2.40. The molecule has 0 bridgehead atoms. The number of rotatable bonds is 0. The molecule has 0 amide bonds. The fraction of sp³-hybridized carbons (Fsp3) is 0.850. The zero-order chi connectivity index (χ0) is 22.7. The highest BCUT2D eigenvalue weighted by Gasteiger charge is 3.05. The maximum absolute atomic E-state index is 13.4. The summed E-state index contributed by atoms with van der Waals surface area (Å²) in [4.78, 5) is 38.3. The lowest BCUT2D eigenvalue weighted by atomic mass is 9.51. The normalized spacial score (nSPS) is 61.0.